The van der Waals surface area contributed by atoms with E-state index in [1.807, 2.05) is 0 Å². The van der Waals surface area contributed by atoms with Gasteiger partial charge in [0, 0.05) is 12.8 Å². The van der Waals surface area contributed by atoms with Crippen molar-refractivity contribution in [2.75, 3.05) is 0 Å². The molecule has 0 aromatic rings. The molecule has 0 aliphatic heterocycles. The monoisotopic (exact) mass is 425 g/mol. The van der Waals surface area contributed by atoms with E-state index in [0.29, 0.717) is 6.42 Å². The van der Waals surface area contributed by atoms with E-state index < -0.39 is 18.0 Å². The summed E-state index contributed by atoms with van der Waals surface area (Å²) in [4.78, 5) is 33.3. The van der Waals surface area contributed by atoms with Gasteiger partial charge < -0.3 is 15.5 Å². The van der Waals surface area contributed by atoms with E-state index in [1.54, 1.807) is 0 Å². The molecular weight excluding hydrogens is 385 g/mol. The van der Waals surface area contributed by atoms with Crippen molar-refractivity contribution in [1.82, 2.24) is 5.32 Å². The van der Waals surface area contributed by atoms with Crippen LogP contribution in [0.25, 0.3) is 0 Å². The molecule has 0 spiro atoms. The molecule has 0 heterocycles. The van der Waals surface area contributed by atoms with Crippen molar-refractivity contribution in [3.05, 3.63) is 0 Å². The summed E-state index contributed by atoms with van der Waals surface area (Å²) in [5.41, 5.74) is 0. The summed E-state index contributed by atoms with van der Waals surface area (Å²) < 4.78 is 0. The van der Waals surface area contributed by atoms with Crippen LogP contribution >= 0.6 is 0 Å². The number of unbranched alkanes of at least 4 members (excludes halogenated alkanes) is 12. The van der Waals surface area contributed by atoms with Crippen LogP contribution in [0.15, 0.2) is 0 Å². The molecule has 0 rings (SSSR count). The van der Waals surface area contributed by atoms with Crippen LogP contribution in [0.2, 0.25) is 0 Å². The molecule has 0 aromatic heterocycles. The van der Waals surface area contributed by atoms with Gasteiger partial charge in [-0.05, 0) is 12.8 Å². The van der Waals surface area contributed by atoms with Crippen molar-refractivity contribution in [3.63, 3.8) is 0 Å². The second kappa shape index (κ2) is 21.7. The van der Waals surface area contributed by atoms with Crippen LogP contribution in [0.4, 0.5) is 0 Å². The van der Waals surface area contributed by atoms with Crippen LogP contribution in [0.5, 0.6) is 0 Å². The van der Waals surface area contributed by atoms with Crippen molar-refractivity contribution in [2.24, 2.45) is 0 Å². The third-order valence-corrected chi connectivity index (χ3v) is 4.79. The Bertz CT molecular complexity index is 418. The fourth-order valence-corrected chi connectivity index (χ4v) is 3.10. The molecule has 0 bridgehead atoms. The van der Waals surface area contributed by atoms with Gasteiger partial charge in [0.1, 0.15) is 6.04 Å². The summed E-state index contributed by atoms with van der Waals surface area (Å²) in [5.74, 6) is -2.56. The predicted octanol–water partition coefficient (Wildman–Crippen LogP) is 4.25. The van der Waals surface area contributed by atoms with Crippen LogP contribution in [-0.2, 0) is 14.4 Å². The molecule has 0 unspecified atom stereocenters. The summed E-state index contributed by atoms with van der Waals surface area (Å²) in [5, 5.41) is 20.0. The standard InChI is InChI=1S/C21H39NO5.K.H/c1-2-3-4-5-6-7-8-9-10-11-12-13-14-15-19(23)22-18(21(26)27)16-17-20(24)25;;/h18H,2-17H2,1H3,(H,22,23)(H,24,25)(H,26,27);;/t18-;;/m0../s1. The van der Waals surface area contributed by atoms with E-state index >= 15 is 0 Å². The van der Waals surface area contributed by atoms with Crippen LogP contribution in [0.1, 0.15) is 110 Å². The van der Waals surface area contributed by atoms with Crippen molar-refractivity contribution in [3.8, 4) is 0 Å². The Labute approximate surface area is 213 Å². The first-order chi connectivity index (χ1) is 13.0. The normalized spacial score (nSPS) is 11.5. The van der Waals surface area contributed by atoms with Crippen LogP contribution in [0, 0.1) is 0 Å². The molecule has 0 aliphatic rings. The quantitative estimate of drug-likeness (QED) is 0.212. The summed E-state index contributed by atoms with van der Waals surface area (Å²) in [6.45, 7) is 2.24. The van der Waals surface area contributed by atoms with Crippen molar-refractivity contribution in [1.29, 1.82) is 0 Å². The van der Waals surface area contributed by atoms with E-state index in [0.717, 1.165) is 19.3 Å². The van der Waals surface area contributed by atoms with Crippen LogP contribution < -0.4 is 5.32 Å². The Balaban J connectivity index is 0. The molecular formula is C21H40KNO5. The third-order valence-electron chi connectivity index (χ3n) is 4.79. The SMILES string of the molecule is CCCCCCCCCCCCCCCC(=O)N[C@@H](CCC(=O)O)C(=O)O.[KH]. The maximum absolute atomic E-state index is 11.8. The van der Waals surface area contributed by atoms with Gasteiger partial charge in [-0.2, -0.15) is 0 Å². The molecule has 0 radical (unpaired) electrons. The molecule has 0 aliphatic carbocycles. The summed E-state index contributed by atoms with van der Waals surface area (Å²) >= 11 is 0. The summed E-state index contributed by atoms with van der Waals surface area (Å²) in [6.07, 6.45) is 15.9. The summed E-state index contributed by atoms with van der Waals surface area (Å²) in [6, 6.07) is -1.12. The molecule has 0 fully saturated rings. The first-order valence-corrected chi connectivity index (χ1v) is 10.7. The van der Waals surface area contributed by atoms with Gasteiger partial charge in [0.05, 0.1) is 0 Å². The fourth-order valence-electron chi connectivity index (χ4n) is 3.10. The first-order valence-electron chi connectivity index (χ1n) is 10.7. The van der Waals surface area contributed by atoms with Crippen LogP contribution in [0.3, 0.4) is 0 Å². The Morgan fingerprint density at radius 3 is 1.54 bits per heavy atom. The number of nitrogens with one attached hydrogen (secondary N) is 1. The van der Waals surface area contributed by atoms with E-state index in [9.17, 15) is 14.4 Å². The van der Waals surface area contributed by atoms with Gasteiger partial charge in [-0.15, -0.1) is 0 Å². The van der Waals surface area contributed by atoms with E-state index in [4.69, 9.17) is 10.2 Å². The molecule has 160 valence electrons. The van der Waals surface area contributed by atoms with Gasteiger partial charge in [-0.25, -0.2) is 4.79 Å². The first kappa shape index (κ1) is 30.2. The number of hydrogen-bond acceptors (Lipinski definition) is 3. The second-order valence-corrected chi connectivity index (χ2v) is 7.38. The van der Waals surface area contributed by atoms with Gasteiger partial charge in [0.15, 0.2) is 0 Å². The molecule has 0 saturated carbocycles. The number of carboxylic acids is 2. The van der Waals surface area contributed by atoms with E-state index in [2.05, 4.69) is 12.2 Å². The number of hydrogen-bond donors (Lipinski definition) is 3. The van der Waals surface area contributed by atoms with Gasteiger partial charge in [0.25, 0.3) is 0 Å². The number of aliphatic carboxylic acids is 2. The van der Waals surface area contributed by atoms with Gasteiger partial charge in [-0.3, -0.25) is 9.59 Å². The average Bonchev–Trinajstić information content (AvgIpc) is 2.62. The number of carboxylic acid groups (broad SMARTS) is 2. The van der Waals surface area contributed by atoms with Gasteiger partial charge >= 0.3 is 63.3 Å². The number of carbonyl (C=O) groups is 3. The number of amides is 1. The zero-order chi connectivity index (χ0) is 20.3. The van der Waals surface area contributed by atoms with Crippen LogP contribution in [-0.4, -0.2) is 85.5 Å². The van der Waals surface area contributed by atoms with Crippen molar-refractivity contribution < 1.29 is 24.6 Å². The molecule has 0 saturated heterocycles. The topological polar surface area (TPSA) is 104 Å². The fraction of sp³-hybridized carbons (Fsp3) is 0.857. The van der Waals surface area contributed by atoms with Crippen molar-refractivity contribution in [2.45, 2.75) is 116 Å². The van der Waals surface area contributed by atoms with E-state index in [1.165, 1.54) is 64.2 Å². The zero-order valence-corrected chi connectivity index (χ0v) is 17.0. The Kier molecular flexibility index (Phi) is 23.5. The maximum atomic E-state index is 11.8. The minimum absolute atomic E-state index is 0. The van der Waals surface area contributed by atoms with Gasteiger partial charge in [-0.1, -0.05) is 84.0 Å². The number of rotatable bonds is 19. The molecule has 6 nitrogen and oxygen atoms in total. The zero-order valence-electron chi connectivity index (χ0n) is 17.0. The molecule has 7 heteroatoms. The Morgan fingerprint density at radius 2 is 1.14 bits per heavy atom. The molecule has 0 aromatic carbocycles. The van der Waals surface area contributed by atoms with E-state index in [-0.39, 0.29) is 70.1 Å². The van der Waals surface area contributed by atoms with Gasteiger partial charge in [0.2, 0.25) is 5.91 Å². The Morgan fingerprint density at radius 1 is 0.714 bits per heavy atom. The third kappa shape index (κ3) is 20.8. The molecule has 1 atom stereocenters. The van der Waals surface area contributed by atoms with Crippen molar-refractivity contribution >= 4 is 69.2 Å². The Hall–Kier alpha value is 0.0464. The second-order valence-electron chi connectivity index (χ2n) is 7.38. The summed E-state index contributed by atoms with van der Waals surface area (Å²) in [7, 11) is 0. The molecule has 28 heavy (non-hydrogen) atoms. The average molecular weight is 426 g/mol. The molecule has 3 N–H and O–H groups in total. The number of carbonyl (C=O) groups excluding carboxylic acids is 1. The minimum atomic E-state index is -1.19. The molecule has 1 amide bonds. The predicted molar refractivity (Wildman–Crippen MR) is 114 cm³/mol.